The summed E-state index contributed by atoms with van der Waals surface area (Å²) in [6.07, 6.45) is 0.476. The SMILES string of the molecule is COCCOCCOC(=O)C(N)Cc1ccccc1. The Morgan fingerprint density at radius 3 is 2.53 bits per heavy atom. The lowest BCUT2D eigenvalue weighted by molar-refractivity contribution is -0.146. The first kappa shape index (κ1) is 15.6. The van der Waals surface area contributed by atoms with Gasteiger partial charge in [-0.3, -0.25) is 4.79 Å². The number of benzene rings is 1. The van der Waals surface area contributed by atoms with Gasteiger partial charge in [-0.1, -0.05) is 30.3 Å². The molecule has 0 aliphatic carbocycles. The lowest BCUT2D eigenvalue weighted by Crippen LogP contribution is -2.35. The summed E-state index contributed by atoms with van der Waals surface area (Å²) < 4.78 is 15.0. The van der Waals surface area contributed by atoms with Gasteiger partial charge in [0.05, 0.1) is 19.8 Å². The van der Waals surface area contributed by atoms with E-state index in [-0.39, 0.29) is 6.61 Å². The van der Waals surface area contributed by atoms with Crippen molar-refractivity contribution in [1.82, 2.24) is 0 Å². The fraction of sp³-hybridized carbons (Fsp3) is 0.500. The Balaban J connectivity index is 2.15. The minimum atomic E-state index is -0.638. The maximum Gasteiger partial charge on any atom is 0.323 e. The average molecular weight is 267 g/mol. The van der Waals surface area contributed by atoms with E-state index in [1.807, 2.05) is 30.3 Å². The molecule has 1 aromatic rings. The van der Waals surface area contributed by atoms with Gasteiger partial charge in [-0.2, -0.15) is 0 Å². The van der Waals surface area contributed by atoms with Crippen molar-refractivity contribution in [3.63, 3.8) is 0 Å². The molecular formula is C14H21NO4. The van der Waals surface area contributed by atoms with E-state index < -0.39 is 12.0 Å². The van der Waals surface area contributed by atoms with Crippen LogP contribution in [0.3, 0.4) is 0 Å². The van der Waals surface area contributed by atoms with Crippen molar-refractivity contribution in [3.05, 3.63) is 35.9 Å². The molecule has 0 aliphatic rings. The first-order valence-corrected chi connectivity index (χ1v) is 6.27. The van der Waals surface area contributed by atoms with Crippen LogP contribution in [0.1, 0.15) is 5.56 Å². The lowest BCUT2D eigenvalue weighted by atomic mass is 10.1. The zero-order valence-corrected chi connectivity index (χ0v) is 11.2. The van der Waals surface area contributed by atoms with Crippen molar-refractivity contribution in [2.24, 2.45) is 5.73 Å². The normalized spacial score (nSPS) is 12.1. The summed E-state index contributed by atoms with van der Waals surface area (Å²) in [7, 11) is 1.60. The minimum Gasteiger partial charge on any atom is -0.462 e. The third-order valence-corrected chi connectivity index (χ3v) is 2.50. The van der Waals surface area contributed by atoms with Crippen molar-refractivity contribution in [2.75, 3.05) is 33.5 Å². The van der Waals surface area contributed by atoms with E-state index in [0.717, 1.165) is 5.56 Å². The molecule has 0 aromatic heterocycles. The topological polar surface area (TPSA) is 70.8 Å². The Morgan fingerprint density at radius 2 is 1.84 bits per heavy atom. The van der Waals surface area contributed by atoms with Crippen molar-refractivity contribution >= 4 is 5.97 Å². The maximum absolute atomic E-state index is 11.6. The van der Waals surface area contributed by atoms with E-state index >= 15 is 0 Å². The van der Waals surface area contributed by atoms with Crippen LogP contribution in [0.5, 0.6) is 0 Å². The highest BCUT2D eigenvalue weighted by atomic mass is 16.6. The molecule has 0 bridgehead atoms. The van der Waals surface area contributed by atoms with Crippen LogP contribution in [0.15, 0.2) is 30.3 Å². The van der Waals surface area contributed by atoms with Crippen LogP contribution in [0.25, 0.3) is 0 Å². The molecule has 5 nitrogen and oxygen atoms in total. The molecule has 0 saturated carbocycles. The van der Waals surface area contributed by atoms with Crippen LogP contribution in [0, 0.1) is 0 Å². The minimum absolute atomic E-state index is 0.213. The molecule has 0 spiro atoms. The largest absolute Gasteiger partial charge is 0.462 e. The molecule has 0 radical (unpaired) electrons. The Labute approximate surface area is 113 Å². The Hall–Kier alpha value is -1.43. The van der Waals surface area contributed by atoms with E-state index in [4.69, 9.17) is 19.9 Å². The third-order valence-electron chi connectivity index (χ3n) is 2.50. The van der Waals surface area contributed by atoms with Crippen molar-refractivity contribution in [3.8, 4) is 0 Å². The summed E-state index contributed by atoms with van der Waals surface area (Å²) in [5.74, 6) is -0.404. The Bertz CT molecular complexity index is 356. The lowest BCUT2D eigenvalue weighted by Gasteiger charge is -2.11. The average Bonchev–Trinajstić information content (AvgIpc) is 2.43. The highest BCUT2D eigenvalue weighted by molar-refractivity contribution is 5.75. The van der Waals surface area contributed by atoms with Crippen LogP contribution in [0.4, 0.5) is 0 Å². The van der Waals surface area contributed by atoms with Gasteiger partial charge in [-0.25, -0.2) is 0 Å². The number of rotatable bonds is 9. The molecule has 1 rings (SSSR count). The summed E-state index contributed by atoms with van der Waals surface area (Å²) in [6, 6.07) is 8.97. The van der Waals surface area contributed by atoms with E-state index in [9.17, 15) is 4.79 Å². The fourth-order valence-corrected chi connectivity index (χ4v) is 1.50. The molecule has 0 heterocycles. The summed E-state index contributed by atoms with van der Waals surface area (Å²) in [5, 5.41) is 0. The predicted molar refractivity (Wildman–Crippen MR) is 71.8 cm³/mol. The number of hydrogen-bond acceptors (Lipinski definition) is 5. The predicted octanol–water partition coefficient (Wildman–Crippen LogP) is 0.763. The second-order valence-electron chi connectivity index (χ2n) is 4.07. The highest BCUT2D eigenvalue weighted by Gasteiger charge is 2.15. The van der Waals surface area contributed by atoms with Crippen LogP contribution < -0.4 is 5.73 Å². The molecule has 0 aliphatic heterocycles. The number of carbonyl (C=O) groups is 1. The molecule has 5 heteroatoms. The summed E-state index contributed by atoms with van der Waals surface area (Å²) >= 11 is 0. The van der Waals surface area contributed by atoms with Crippen molar-refractivity contribution < 1.29 is 19.0 Å². The van der Waals surface area contributed by atoms with Gasteiger partial charge < -0.3 is 19.9 Å². The smallest absolute Gasteiger partial charge is 0.323 e. The number of nitrogens with two attached hydrogens (primary N) is 1. The number of methoxy groups -OCH3 is 1. The van der Waals surface area contributed by atoms with Gasteiger partial charge in [0.1, 0.15) is 12.6 Å². The van der Waals surface area contributed by atoms with E-state index in [1.54, 1.807) is 7.11 Å². The van der Waals surface area contributed by atoms with Gasteiger partial charge >= 0.3 is 5.97 Å². The summed E-state index contributed by atoms with van der Waals surface area (Å²) in [6.45, 7) is 1.59. The van der Waals surface area contributed by atoms with Crippen molar-refractivity contribution in [1.29, 1.82) is 0 Å². The van der Waals surface area contributed by atoms with E-state index in [0.29, 0.717) is 26.2 Å². The Kier molecular flexibility index (Phi) is 7.81. The zero-order valence-electron chi connectivity index (χ0n) is 11.2. The maximum atomic E-state index is 11.6. The van der Waals surface area contributed by atoms with Crippen LogP contribution in [-0.2, 0) is 25.4 Å². The fourth-order valence-electron chi connectivity index (χ4n) is 1.50. The van der Waals surface area contributed by atoms with Gasteiger partial charge in [-0.15, -0.1) is 0 Å². The monoisotopic (exact) mass is 267 g/mol. The molecule has 1 aromatic carbocycles. The first-order chi connectivity index (χ1) is 9.24. The number of carbonyl (C=O) groups excluding carboxylic acids is 1. The summed E-state index contributed by atoms with van der Waals surface area (Å²) in [5.41, 5.74) is 6.79. The third kappa shape index (κ3) is 6.91. The first-order valence-electron chi connectivity index (χ1n) is 6.27. The molecule has 0 fully saturated rings. The highest BCUT2D eigenvalue weighted by Crippen LogP contribution is 2.02. The van der Waals surface area contributed by atoms with Crippen LogP contribution >= 0.6 is 0 Å². The quantitative estimate of drug-likeness (QED) is 0.528. The number of esters is 1. The van der Waals surface area contributed by atoms with E-state index in [1.165, 1.54) is 0 Å². The molecule has 1 unspecified atom stereocenters. The standard InChI is InChI=1S/C14H21NO4/c1-17-7-8-18-9-10-19-14(16)13(15)11-12-5-3-2-4-6-12/h2-6,13H,7-11,15H2,1H3. The molecule has 0 amide bonds. The molecular weight excluding hydrogens is 246 g/mol. The molecule has 106 valence electrons. The Morgan fingerprint density at radius 1 is 1.16 bits per heavy atom. The second-order valence-corrected chi connectivity index (χ2v) is 4.07. The van der Waals surface area contributed by atoms with Gasteiger partial charge in [-0.05, 0) is 12.0 Å². The van der Waals surface area contributed by atoms with Crippen LogP contribution in [0.2, 0.25) is 0 Å². The zero-order chi connectivity index (χ0) is 13.9. The molecule has 0 saturated heterocycles. The van der Waals surface area contributed by atoms with Crippen LogP contribution in [-0.4, -0.2) is 45.5 Å². The van der Waals surface area contributed by atoms with Gasteiger partial charge in [0.25, 0.3) is 0 Å². The van der Waals surface area contributed by atoms with E-state index in [2.05, 4.69) is 0 Å². The molecule has 1 atom stereocenters. The molecule has 2 N–H and O–H groups in total. The van der Waals surface area contributed by atoms with Crippen molar-refractivity contribution in [2.45, 2.75) is 12.5 Å². The number of hydrogen-bond donors (Lipinski definition) is 1. The van der Waals surface area contributed by atoms with Gasteiger partial charge in [0.15, 0.2) is 0 Å². The number of ether oxygens (including phenoxy) is 3. The summed E-state index contributed by atoms with van der Waals surface area (Å²) in [4.78, 5) is 11.6. The van der Waals surface area contributed by atoms with Gasteiger partial charge in [0, 0.05) is 7.11 Å². The molecule has 19 heavy (non-hydrogen) atoms. The second kappa shape index (κ2) is 9.49. The van der Waals surface area contributed by atoms with Gasteiger partial charge in [0.2, 0.25) is 0 Å².